The number of aromatic nitrogens is 1. The monoisotopic (exact) mass is 471 g/mol. The fourth-order valence-corrected chi connectivity index (χ4v) is 4.29. The maximum absolute atomic E-state index is 12.5. The van der Waals surface area contributed by atoms with Gasteiger partial charge < -0.3 is 5.32 Å². The van der Waals surface area contributed by atoms with E-state index in [1.54, 1.807) is 12.1 Å². The first-order valence-electron chi connectivity index (χ1n) is 11.7. The predicted molar refractivity (Wildman–Crippen MR) is 133 cm³/mol. The van der Waals surface area contributed by atoms with E-state index in [2.05, 4.69) is 36.4 Å². The van der Waals surface area contributed by atoms with Crippen LogP contribution in [0.3, 0.4) is 0 Å². The van der Waals surface area contributed by atoms with Crippen LogP contribution < -0.4 is 10.6 Å². The topological polar surface area (TPSA) is 105 Å². The normalized spacial score (nSPS) is 16.2. The summed E-state index contributed by atoms with van der Waals surface area (Å²) in [6.45, 7) is 8.30. The largest absolute Gasteiger partial charge is 0.345 e. The van der Waals surface area contributed by atoms with Gasteiger partial charge in [0.2, 0.25) is 17.6 Å². The maximum Gasteiger partial charge on any atom is 0.292 e. The van der Waals surface area contributed by atoms with E-state index in [9.17, 15) is 19.2 Å². The summed E-state index contributed by atoms with van der Waals surface area (Å²) in [5, 5.41) is 5.95. The van der Waals surface area contributed by atoms with Crippen molar-refractivity contribution in [2.75, 3.05) is 0 Å². The summed E-state index contributed by atoms with van der Waals surface area (Å²) < 4.78 is 0. The Labute approximate surface area is 204 Å². The van der Waals surface area contributed by atoms with Gasteiger partial charge in [0.1, 0.15) is 0 Å². The van der Waals surface area contributed by atoms with Crippen molar-refractivity contribution in [1.82, 2.24) is 15.6 Å². The minimum atomic E-state index is -0.661. The van der Waals surface area contributed by atoms with Gasteiger partial charge in [-0.1, -0.05) is 57.2 Å². The van der Waals surface area contributed by atoms with Crippen molar-refractivity contribution >= 4 is 34.4 Å². The summed E-state index contributed by atoms with van der Waals surface area (Å²) in [6.07, 6.45) is 0.780. The van der Waals surface area contributed by atoms with E-state index in [-0.39, 0.29) is 23.8 Å². The smallest absolute Gasteiger partial charge is 0.292 e. The molecule has 1 fully saturated rings. The van der Waals surface area contributed by atoms with Crippen LogP contribution in [-0.4, -0.2) is 28.5 Å². The maximum atomic E-state index is 12.5. The van der Waals surface area contributed by atoms with Gasteiger partial charge in [-0.2, -0.15) is 0 Å². The first kappa shape index (κ1) is 24.3. The highest BCUT2D eigenvalue weighted by Crippen LogP contribution is 2.29. The second kappa shape index (κ2) is 9.41. The Balaban J connectivity index is 1.45. The van der Waals surface area contributed by atoms with Crippen molar-refractivity contribution in [2.45, 2.75) is 58.4 Å². The summed E-state index contributed by atoms with van der Waals surface area (Å²) in [5.41, 5.74) is 4.49. The number of carbonyl (C=O) groups is 4. The molecule has 2 N–H and O–H groups in total. The Morgan fingerprint density at radius 1 is 1.06 bits per heavy atom. The van der Waals surface area contributed by atoms with Crippen LogP contribution in [0.5, 0.6) is 0 Å². The van der Waals surface area contributed by atoms with Gasteiger partial charge in [0.25, 0.3) is 5.91 Å². The van der Waals surface area contributed by atoms with Crippen LogP contribution >= 0.6 is 0 Å². The Hall–Kier alpha value is -3.87. The van der Waals surface area contributed by atoms with Crippen LogP contribution in [0, 0.1) is 6.92 Å². The molecule has 0 spiro atoms. The number of benzene rings is 2. The average molecular weight is 472 g/mol. The predicted octanol–water partition coefficient (Wildman–Crippen LogP) is 3.86. The van der Waals surface area contributed by atoms with Crippen LogP contribution in [0.4, 0.5) is 0 Å². The van der Waals surface area contributed by atoms with Gasteiger partial charge in [-0.25, -0.2) is 0 Å². The van der Waals surface area contributed by atoms with E-state index in [1.807, 2.05) is 43.3 Å². The van der Waals surface area contributed by atoms with Gasteiger partial charge in [-0.05, 0) is 47.6 Å². The molecule has 1 aliphatic rings. The van der Waals surface area contributed by atoms with Crippen LogP contribution in [0.1, 0.15) is 72.3 Å². The summed E-state index contributed by atoms with van der Waals surface area (Å²) in [6, 6.07) is 14.7. The molecule has 0 saturated carbocycles. The van der Waals surface area contributed by atoms with Crippen molar-refractivity contribution in [3.63, 3.8) is 0 Å². The van der Waals surface area contributed by atoms with E-state index >= 15 is 0 Å². The van der Waals surface area contributed by atoms with Crippen LogP contribution in [-0.2, 0) is 26.3 Å². The first-order valence-corrected chi connectivity index (χ1v) is 11.7. The average Bonchev–Trinajstić information content (AvgIpc) is 2.81. The van der Waals surface area contributed by atoms with Gasteiger partial charge in [-0.15, -0.1) is 0 Å². The van der Waals surface area contributed by atoms with Crippen molar-refractivity contribution < 1.29 is 19.2 Å². The van der Waals surface area contributed by atoms with Gasteiger partial charge in [-0.3, -0.25) is 29.5 Å². The lowest BCUT2D eigenvalue weighted by Crippen LogP contribution is -2.39. The zero-order valence-electron chi connectivity index (χ0n) is 20.4. The summed E-state index contributed by atoms with van der Waals surface area (Å²) in [4.78, 5) is 53.4. The van der Waals surface area contributed by atoms with Gasteiger partial charge in [0.15, 0.2) is 0 Å². The quantitative estimate of drug-likeness (QED) is 0.334. The van der Waals surface area contributed by atoms with E-state index in [4.69, 9.17) is 0 Å². The molecule has 3 aromatic rings. The standard InChI is InChI=1S/C28H29N3O4/c1-16-22(21-11-12-24(32)31-26(21)34)14-19-6-5-17(13-23(19)30-16)15-29-27(35)25(33)18-7-9-20(10-8-18)28(2,3)4/h5-10,13-14,21H,11-12,15H2,1-4H3,(H,29,35)(H,31,32,34). The number of nitrogens with one attached hydrogen (secondary N) is 2. The molecule has 35 heavy (non-hydrogen) atoms. The minimum Gasteiger partial charge on any atom is -0.345 e. The fourth-order valence-electron chi connectivity index (χ4n) is 4.29. The highest BCUT2D eigenvalue weighted by atomic mass is 16.2. The number of imide groups is 1. The number of Topliss-reactive ketones (excluding diaryl/α,β-unsaturated/α-hetero) is 1. The molecular weight excluding hydrogens is 442 g/mol. The fraction of sp³-hybridized carbons (Fsp3) is 0.321. The second-order valence-electron chi connectivity index (χ2n) is 10.0. The van der Waals surface area contributed by atoms with Crippen molar-refractivity contribution in [2.24, 2.45) is 0 Å². The number of aryl methyl sites for hydroxylation is 1. The number of rotatable bonds is 5. The molecular formula is C28H29N3O4. The van der Waals surface area contributed by atoms with E-state index in [0.29, 0.717) is 18.4 Å². The number of nitrogens with zero attached hydrogens (tertiary/aromatic N) is 1. The Morgan fingerprint density at radius 3 is 2.43 bits per heavy atom. The Kier molecular flexibility index (Phi) is 6.52. The molecule has 0 radical (unpaired) electrons. The van der Waals surface area contributed by atoms with Gasteiger partial charge in [0, 0.05) is 29.6 Å². The molecule has 0 aliphatic carbocycles. The highest BCUT2D eigenvalue weighted by molar-refractivity contribution is 6.42. The van der Waals surface area contributed by atoms with E-state index < -0.39 is 17.6 Å². The summed E-state index contributed by atoms with van der Waals surface area (Å²) >= 11 is 0. The minimum absolute atomic E-state index is 0.0328. The number of fused-ring (bicyclic) bond motifs is 1. The number of amides is 3. The molecule has 2 aromatic carbocycles. The molecule has 1 unspecified atom stereocenters. The van der Waals surface area contributed by atoms with Crippen LogP contribution in [0.15, 0.2) is 48.5 Å². The second-order valence-corrected chi connectivity index (χ2v) is 10.0. The molecule has 3 amide bonds. The highest BCUT2D eigenvalue weighted by Gasteiger charge is 2.29. The Bertz CT molecular complexity index is 1340. The van der Waals surface area contributed by atoms with E-state index in [0.717, 1.165) is 33.3 Å². The molecule has 1 aliphatic heterocycles. The molecule has 7 nitrogen and oxygen atoms in total. The van der Waals surface area contributed by atoms with Crippen LogP contribution in [0.25, 0.3) is 10.9 Å². The van der Waals surface area contributed by atoms with Gasteiger partial charge >= 0.3 is 0 Å². The third-order valence-electron chi connectivity index (χ3n) is 6.40. The van der Waals surface area contributed by atoms with Crippen molar-refractivity contribution in [3.05, 3.63) is 76.5 Å². The number of hydrogen-bond donors (Lipinski definition) is 2. The Morgan fingerprint density at radius 2 is 1.77 bits per heavy atom. The first-order chi connectivity index (χ1) is 16.5. The molecule has 1 aromatic heterocycles. The molecule has 7 heteroatoms. The summed E-state index contributed by atoms with van der Waals surface area (Å²) in [7, 11) is 0. The number of carbonyl (C=O) groups excluding carboxylic acids is 4. The third kappa shape index (κ3) is 5.29. The zero-order valence-corrected chi connectivity index (χ0v) is 20.4. The summed E-state index contributed by atoms with van der Waals surface area (Å²) in [5.74, 6) is -2.17. The zero-order chi connectivity index (χ0) is 25.3. The molecule has 180 valence electrons. The van der Waals surface area contributed by atoms with Crippen molar-refractivity contribution in [1.29, 1.82) is 0 Å². The SMILES string of the molecule is Cc1nc2cc(CNC(=O)C(=O)c3ccc(C(C)(C)C)cc3)ccc2cc1C1CCC(=O)NC1=O. The number of pyridine rings is 1. The molecule has 1 atom stereocenters. The molecule has 2 heterocycles. The number of piperidine rings is 1. The van der Waals surface area contributed by atoms with Crippen LogP contribution in [0.2, 0.25) is 0 Å². The van der Waals surface area contributed by atoms with Crippen molar-refractivity contribution in [3.8, 4) is 0 Å². The lowest BCUT2D eigenvalue weighted by atomic mass is 9.86. The molecule has 0 bridgehead atoms. The third-order valence-corrected chi connectivity index (χ3v) is 6.40. The lowest BCUT2D eigenvalue weighted by molar-refractivity contribution is -0.134. The van der Waals surface area contributed by atoms with Gasteiger partial charge in [0.05, 0.1) is 11.4 Å². The number of hydrogen-bond acceptors (Lipinski definition) is 5. The van der Waals surface area contributed by atoms with E-state index in [1.165, 1.54) is 0 Å². The molecule has 4 rings (SSSR count). The lowest BCUT2D eigenvalue weighted by Gasteiger charge is -2.22. The number of ketones is 1. The molecule has 1 saturated heterocycles.